The van der Waals surface area contributed by atoms with Gasteiger partial charge in [-0.2, -0.15) is 0 Å². The summed E-state index contributed by atoms with van der Waals surface area (Å²) in [7, 11) is 0. The first kappa shape index (κ1) is 30.6. The molecule has 3 aliphatic carbocycles. The van der Waals surface area contributed by atoms with Gasteiger partial charge < -0.3 is 15.2 Å². The number of carboxylic acids is 1. The number of nitrogens with one attached hydrogen (secondary N) is 1. The third kappa shape index (κ3) is 9.36. The highest BCUT2D eigenvalue weighted by Crippen LogP contribution is 2.37. The molecule has 0 fully saturated rings. The van der Waals surface area contributed by atoms with Crippen LogP contribution in [0.2, 0.25) is 0 Å². The Morgan fingerprint density at radius 2 is 1.87 bits per heavy atom. The van der Waals surface area contributed by atoms with E-state index in [1.54, 1.807) is 12.2 Å². The molecule has 0 aromatic rings. The molecule has 3 rings (SSSR count). The summed E-state index contributed by atoms with van der Waals surface area (Å²) >= 11 is 0. The molecular weight excluding hydrogens is 493 g/mol. The Morgan fingerprint density at radius 1 is 1.08 bits per heavy atom. The van der Waals surface area contributed by atoms with Gasteiger partial charge in [-0.1, -0.05) is 83.4 Å². The predicted octanol–water partition coefficient (Wildman–Crippen LogP) is 7.39. The van der Waals surface area contributed by atoms with Gasteiger partial charge in [-0.3, -0.25) is 9.59 Å². The lowest BCUT2D eigenvalue weighted by atomic mass is 9.75. The topological polar surface area (TPSA) is 75.6 Å². The Hall–Kier alpha value is -2.89. The second-order valence-corrected chi connectivity index (χ2v) is 12.0. The lowest BCUT2D eigenvalue weighted by Crippen LogP contribution is -2.33. The van der Waals surface area contributed by atoms with Gasteiger partial charge in [0.1, 0.15) is 18.0 Å². The van der Waals surface area contributed by atoms with Crippen molar-refractivity contribution in [3.8, 4) is 0 Å². The number of hydrogen-bond acceptors (Lipinski definition) is 3. The van der Waals surface area contributed by atoms with E-state index >= 15 is 4.39 Å². The van der Waals surface area contributed by atoms with Crippen molar-refractivity contribution in [1.29, 1.82) is 0 Å². The van der Waals surface area contributed by atoms with Gasteiger partial charge in [-0.25, -0.2) is 4.39 Å². The molecule has 0 aliphatic heterocycles. The molecule has 3 aliphatic rings. The van der Waals surface area contributed by atoms with Crippen molar-refractivity contribution in [2.45, 2.75) is 91.3 Å². The van der Waals surface area contributed by atoms with Crippen molar-refractivity contribution in [3.05, 3.63) is 71.6 Å². The zero-order valence-corrected chi connectivity index (χ0v) is 24.0. The van der Waals surface area contributed by atoms with Gasteiger partial charge in [0.2, 0.25) is 0 Å². The number of hydrogen-bond donors (Lipinski definition) is 2. The van der Waals surface area contributed by atoms with E-state index in [-0.39, 0.29) is 30.1 Å². The maximum Gasteiger partial charge on any atom is 0.305 e. The van der Waals surface area contributed by atoms with Gasteiger partial charge in [0, 0.05) is 24.0 Å². The Balaban J connectivity index is 1.61. The molecule has 0 aromatic heterocycles. The molecule has 39 heavy (non-hydrogen) atoms. The third-order valence-electron chi connectivity index (χ3n) is 7.88. The van der Waals surface area contributed by atoms with Gasteiger partial charge >= 0.3 is 5.97 Å². The molecule has 5 nitrogen and oxygen atoms in total. The van der Waals surface area contributed by atoms with Crippen LogP contribution in [0.4, 0.5) is 4.39 Å². The molecule has 5 atom stereocenters. The molecule has 0 aromatic carbocycles. The zero-order chi connectivity index (χ0) is 28.4. The van der Waals surface area contributed by atoms with E-state index < -0.39 is 24.0 Å². The fourth-order valence-electron chi connectivity index (χ4n) is 5.29. The number of alkyl halides is 1. The fourth-order valence-corrected chi connectivity index (χ4v) is 5.29. The van der Waals surface area contributed by atoms with Crippen LogP contribution in [-0.2, 0) is 14.3 Å². The van der Waals surface area contributed by atoms with Crippen molar-refractivity contribution in [2.75, 3.05) is 6.54 Å². The molecule has 0 heterocycles. The summed E-state index contributed by atoms with van der Waals surface area (Å²) in [4.78, 5) is 23.0. The normalized spacial score (nSPS) is 25.4. The van der Waals surface area contributed by atoms with Crippen LogP contribution in [0.3, 0.4) is 0 Å². The Kier molecular flexibility index (Phi) is 11.4. The molecule has 1 amide bonds. The van der Waals surface area contributed by atoms with Crippen molar-refractivity contribution in [2.24, 2.45) is 23.2 Å². The maximum atomic E-state index is 15.4. The lowest BCUT2D eigenvalue weighted by Gasteiger charge is -2.32. The molecule has 6 heteroatoms. The molecule has 214 valence electrons. The molecule has 5 unspecified atom stereocenters. The van der Waals surface area contributed by atoms with Crippen LogP contribution in [0.1, 0.15) is 79.1 Å². The van der Waals surface area contributed by atoms with Crippen LogP contribution in [0, 0.1) is 23.2 Å². The fraction of sp³-hybridized carbons (Fsp3) is 0.576. The van der Waals surface area contributed by atoms with Crippen LogP contribution in [-0.4, -0.2) is 35.8 Å². The quantitative estimate of drug-likeness (QED) is 0.239. The predicted molar refractivity (Wildman–Crippen MR) is 155 cm³/mol. The van der Waals surface area contributed by atoms with Gasteiger partial charge in [0.05, 0.1) is 6.42 Å². The summed E-state index contributed by atoms with van der Waals surface area (Å²) in [5.41, 5.74) is 1.82. The molecular formula is C33H46FNO4. The summed E-state index contributed by atoms with van der Waals surface area (Å²) < 4.78 is 21.8. The first-order valence-corrected chi connectivity index (χ1v) is 14.6. The van der Waals surface area contributed by atoms with E-state index in [2.05, 4.69) is 63.4 Å². The van der Waals surface area contributed by atoms with Crippen LogP contribution < -0.4 is 5.32 Å². The Labute approximate surface area is 233 Å². The smallest absolute Gasteiger partial charge is 0.305 e. The number of ether oxygens (including phenoxy) is 1. The molecule has 2 N–H and O–H groups in total. The number of rotatable bonds is 13. The van der Waals surface area contributed by atoms with Gasteiger partial charge in [-0.05, 0) is 60.8 Å². The molecule has 0 bridgehead atoms. The lowest BCUT2D eigenvalue weighted by molar-refractivity contribution is -0.136. The standard InChI is InChI=1S/C33H46FNO4/c1-5-6-7-8-9-30(28-19-14-25(22-29(28)34)32(38)35-21-20-31(36)37)39-27-17-12-24(13-18-27)23-10-15-26(16-11-23)33(2,3)4/h10-12,14-15,17-19,22,24,26,28-30H,5-9,13,16,20-21H2,1-4H3,(H,35,38)(H,36,37). The monoisotopic (exact) mass is 539 g/mol. The van der Waals surface area contributed by atoms with Crippen LogP contribution in [0.25, 0.3) is 0 Å². The molecule has 0 saturated heterocycles. The Morgan fingerprint density at radius 3 is 2.46 bits per heavy atom. The maximum absolute atomic E-state index is 15.4. The number of allylic oxidation sites excluding steroid dienone is 8. The SMILES string of the molecule is CCCCCCC(OC1=CCC(C2=CCC(C(C)(C)C)C=C2)C=C1)C1C=CC(C(=O)NCCC(=O)O)=CC1F. The van der Waals surface area contributed by atoms with E-state index in [1.165, 1.54) is 11.6 Å². The number of amides is 1. The number of carboxylic acid groups (broad SMARTS) is 1. The largest absolute Gasteiger partial charge is 0.490 e. The molecule has 0 spiro atoms. The highest BCUT2D eigenvalue weighted by atomic mass is 19.1. The van der Waals surface area contributed by atoms with Crippen LogP contribution in [0.5, 0.6) is 0 Å². The number of unbranched alkanes of at least 4 members (excludes halogenated alkanes) is 3. The van der Waals surface area contributed by atoms with E-state index in [1.807, 2.05) is 6.08 Å². The summed E-state index contributed by atoms with van der Waals surface area (Å²) in [6.07, 6.45) is 23.1. The highest BCUT2D eigenvalue weighted by molar-refractivity contribution is 5.96. The van der Waals surface area contributed by atoms with E-state index in [4.69, 9.17) is 9.84 Å². The summed E-state index contributed by atoms with van der Waals surface area (Å²) in [5, 5.41) is 11.3. The zero-order valence-electron chi connectivity index (χ0n) is 24.0. The highest BCUT2D eigenvalue weighted by Gasteiger charge is 2.32. The van der Waals surface area contributed by atoms with Crippen molar-refractivity contribution in [1.82, 2.24) is 5.32 Å². The van der Waals surface area contributed by atoms with Crippen molar-refractivity contribution >= 4 is 11.9 Å². The Bertz CT molecular complexity index is 1040. The summed E-state index contributed by atoms with van der Waals surface area (Å²) in [6.45, 7) is 9.02. The minimum absolute atomic E-state index is 0.00818. The second kappa shape index (κ2) is 14.5. The number of halogens is 1. The third-order valence-corrected chi connectivity index (χ3v) is 7.88. The van der Waals surface area contributed by atoms with Crippen molar-refractivity contribution < 1.29 is 23.8 Å². The van der Waals surface area contributed by atoms with Gasteiger partial charge in [0.25, 0.3) is 5.91 Å². The van der Waals surface area contributed by atoms with Gasteiger partial charge in [-0.15, -0.1) is 0 Å². The van der Waals surface area contributed by atoms with E-state index in [0.29, 0.717) is 11.8 Å². The first-order valence-electron chi connectivity index (χ1n) is 14.6. The summed E-state index contributed by atoms with van der Waals surface area (Å²) in [6, 6.07) is 0. The van der Waals surface area contributed by atoms with E-state index in [9.17, 15) is 9.59 Å². The van der Waals surface area contributed by atoms with E-state index in [0.717, 1.165) is 50.7 Å². The second-order valence-electron chi connectivity index (χ2n) is 12.0. The molecule has 0 radical (unpaired) electrons. The average Bonchev–Trinajstić information content (AvgIpc) is 2.90. The first-order chi connectivity index (χ1) is 18.6. The molecule has 0 saturated carbocycles. The summed E-state index contributed by atoms with van der Waals surface area (Å²) in [5.74, 6) is -0.286. The minimum Gasteiger partial charge on any atom is -0.490 e. The van der Waals surface area contributed by atoms with Crippen molar-refractivity contribution in [3.63, 3.8) is 0 Å². The average molecular weight is 540 g/mol. The minimum atomic E-state index is -1.36. The number of carbonyl (C=O) groups is 2. The number of carbonyl (C=O) groups excluding carboxylic acids is 1. The van der Waals surface area contributed by atoms with Crippen LogP contribution >= 0.6 is 0 Å². The number of aliphatic carboxylic acids is 1. The van der Waals surface area contributed by atoms with Crippen LogP contribution in [0.15, 0.2) is 71.6 Å². The van der Waals surface area contributed by atoms with Gasteiger partial charge in [0.15, 0.2) is 0 Å².